The van der Waals surface area contributed by atoms with Crippen molar-refractivity contribution in [2.45, 2.75) is 26.3 Å². The number of amides is 3. The molecular formula is C26H21N3O6S. The lowest BCUT2D eigenvalue weighted by Gasteiger charge is -2.12. The molecule has 3 amide bonds. The quantitative estimate of drug-likeness (QED) is 0.465. The fraction of sp³-hybridized carbons (Fsp3) is 0.192. The number of aryl methyl sites for hydroxylation is 1. The van der Waals surface area contributed by atoms with Crippen LogP contribution in [0, 0.1) is 18.3 Å². The molecule has 0 unspecified atom stereocenters. The summed E-state index contributed by atoms with van der Waals surface area (Å²) >= 11 is 1.16. The number of fused-ring (bicyclic) bond motifs is 1. The molecule has 0 aliphatic carbocycles. The van der Waals surface area contributed by atoms with Crippen molar-refractivity contribution >= 4 is 40.0 Å². The summed E-state index contributed by atoms with van der Waals surface area (Å²) in [7, 11) is 1.55. The van der Waals surface area contributed by atoms with Gasteiger partial charge in [-0.25, -0.2) is 9.69 Å². The minimum Gasteiger partial charge on any atom is -0.497 e. The SMILES string of the molecule is CC[C@H](NC(=O)c1ccc2c(c1)C(=O)N(c1sc(C)c(-c3ccc(OC)cc3)c1C#N)C2=O)C(=O)O. The highest BCUT2D eigenvalue weighted by molar-refractivity contribution is 7.17. The number of anilines is 1. The van der Waals surface area contributed by atoms with Crippen molar-refractivity contribution in [1.82, 2.24) is 5.32 Å². The van der Waals surface area contributed by atoms with Crippen LogP contribution in [0.5, 0.6) is 5.75 Å². The normalized spacial score (nSPS) is 13.2. The van der Waals surface area contributed by atoms with Gasteiger partial charge in [0, 0.05) is 16.0 Å². The molecule has 0 saturated carbocycles. The molecule has 0 spiro atoms. The molecule has 2 N–H and O–H groups in total. The van der Waals surface area contributed by atoms with Crippen LogP contribution in [0.4, 0.5) is 5.00 Å². The fourth-order valence-corrected chi connectivity index (χ4v) is 5.16. The molecule has 0 saturated heterocycles. The van der Waals surface area contributed by atoms with Gasteiger partial charge in [-0.05, 0) is 49.2 Å². The summed E-state index contributed by atoms with van der Waals surface area (Å²) in [6.45, 7) is 3.43. The molecule has 1 aromatic heterocycles. The molecule has 0 bridgehead atoms. The molecule has 10 heteroatoms. The first-order valence-electron chi connectivity index (χ1n) is 11.0. The molecule has 4 rings (SSSR count). The molecule has 1 aliphatic heterocycles. The summed E-state index contributed by atoms with van der Waals surface area (Å²) in [4.78, 5) is 52.1. The predicted octanol–water partition coefficient (Wildman–Crippen LogP) is 4.00. The Balaban J connectivity index is 1.71. The first-order chi connectivity index (χ1) is 17.2. The molecule has 9 nitrogen and oxygen atoms in total. The third kappa shape index (κ3) is 4.10. The topological polar surface area (TPSA) is 137 Å². The molecular weight excluding hydrogens is 482 g/mol. The fourth-order valence-electron chi connectivity index (χ4n) is 4.04. The Kier molecular flexibility index (Phi) is 6.59. The summed E-state index contributed by atoms with van der Waals surface area (Å²) in [5.74, 6) is -2.45. The van der Waals surface area contributed by atoms with Crippen molar-refractivity contribution in [1.29, 1.82) is 5.26 Å². The molecule has 1 atom stereocenters. The Bertz CT molecular complexity index is 1450. The van der Waals surface area contributed by atoms with Crippen LogP contribution in [0.3, 0.4) is 0 Å². The standard InChI is InChI=1S/C26H21N3O6S/c1-4-20(26(33)34)28-22(30)15-7-10-17-18(11-15)24(32)29(23(17)31)25-19(12-27)21(13(2)36-25)14-5-8-16(35-3)9-6-14/h5-11,20H,4H2,1-3H3,(H,28,30)(H,33,34)/t20-/m0/s1. The zero-order valence-electron chi connectivity index (χ0n) is 19.6. The van der Waals surface area contributed by atoms with Crippen LogP contribution in [0.25, 0.3) is 11.1 Å². The van der Waals surface area contributed by atoms with Crippen LogP contribution in [0.15, 0.2) is 42.5 Å². The van der Waals surface area contributed by atoms with Gasteiger partial charge in [0.2, 0.25) is 0 Å². The van der Waals surface area contributed by atoms with Crippen molar-refractivity contribution in [3.05, 3.63) is 69.6 Å². The van der Waals surface area contributed by atoms with E-state index in [1.165, 1.54) is 18.2 Å². The van der Waals surface area contributed by atoms with E-state index in [2.05, 4.69) is 11.4 Å². The summed E-state index contributed by atoms with van der Waals surface area (Å²) in [6.07, 6.45) is 0.183. The third-order valence-corrected chi connectivity index (χ3v) is 7.01. The van der Waals surface area contributed by atoms with Gasteiger partial charge in [-0.3, -0.25) is 14.4 Å². The van der Waals surface area contributed by atoms with Gasteiger partial charge in [0.15, 0.2) is 0 Å². The van der Waals surface area contributed by atoms with Crippen molar-refractivity contribution in [2.24, 2.45) is 0 Å². The maximum absolute atomic E-state index is 13.3. The lowest BCUT2D eigenvalue weighted by Crippen LogP contribution is -2.40. The van der Waals surface area contributed by atoms with Gasteiger partial charge in [0.1, 0.15) is 22.9 Å². The van der Waals surface area contributed by atoms with E-state index in [1.807, 2.05) is 6.92 Å². The number of methoxy groups -OCH3 is 1. The smallest absolute Gasteiger partial charge is 0.326 e. The largest absolute Gasteiger partial charge is 0.497 e. The maximum Gasteiger partial charge on any atom is 0.326 e. The molecule has 2 aromatic carbocycles. The molecule has 182 valence electrons. The number of carboxylic acids is 1. The third-order valence-electron chi connectivity index (χ3n) is 5.92. The van der Waals surface area contributed by atoms with E-state index >= 15 is 0 Å². The Labute approximate surface area is 210 Å². The highest BCUT2D eigenvalue weighted by atomic mass is 32.1. The molecule has 2 heterocycles. The van der Waals surface area contributed by atoms with Crippen LogP contribution >= 0.6 is 11.3 Å². The predicted molar refractivity (Wildman–Crippen MR) is 133 cm³/mol. The second-order valence-electron chi connectivity index (χ2n) is 8.03. The van der Waals surface area contributed by atoms with Crippen LogP contribution < -0.4 is 15.0 Å². The molecule has 36 heavy (non-hydrogen) atoms. The number of nitriles is 1. The number of nitrogens with one attached hydrogen (secondary N) is 1. The van der Waals surface area contributed by atoms with E-state index in [9.17, 15) is 29.5 Å². The molecule has 0 fully saturated rings. The number of imide groups is 1. The van der Waals surface area contributed by atoms with Gasteiger partial charge in [-0.1, -0.05) is 19.1 Å². The Morgan fingerprint density at radius 1 is 1.14 bits per heavy atom. The van der Waals surface area contributed by atoms with Crippen LogP contribution in [0.2, 0.25) is 0 Å². The lowest BCUT2D eigenvalue weighted by molar-refractivity contribution is -0.139. The van der Waals surface area contributed by atoms with Gasteiger partial charge in [0.25, 0.3) is 17.7 Å². The summed E-state index contributed by atoms with van der Waals surface area (Å²) < 4.78 is 5.19. The first kappa shape index (κ1) is 24.6. The number of aliphatic carboxylic acids is 1. The number of rotatable bonds is 7. The second-order valence-corrected chi connectivity index (χ2v) is 9.24. The van der Waals surface area contributed by atoms with E-state index in [4.69, 9.17) is 4.74 Å². The monoisotopic (exact) mass is 503 g/mol. The highest BCUT2D eigenvalue weighted by Gasteiger charge is 2.40. The van der Waals surface area contributed by atoms with Crippen molar-refractivity contribution in [3.63, 3.8) is 0 Å². The van der Waals surface area contributed by atoms with Gasteiger partial charge in [-0.15, -0.1) is 11.3 Å². The van der Waals surface area contributed by atoms with Crippen LogP contribution in [-0.4, -0.2) is 41.9 Å². The summed E-state index contributed by atoms with van der Waals surface area (Å²) in [5, 5.41) is 21.8. The zero-order chi connectivity index (χ0) is 26.1. The van der Waals surface area contributed by atoms with Crippen LogP contribution in [-0.2, 0) is 4.79 Å². The Hall–Kier alpha value is -4.49. The van der Waals surface area contributed by atoms with E-state index < -0.39 is 29.7 Å². The first-order valence-corrected chi connectivity index (χ1v) is 11.8. The number of hydrogen-bond donors (Lipinski definition) is 2. The molecule has 0 radical (unpaired) electrons. The Morgan fingerprint density at radius 2 is 1.81 bits per heavy atom. The Morgan fingerprint density at radius 3 is 2.39 bits per heavy atom. The highest BCUT2D eigenvalue weighted by Crippen LogP contribution is 2.44. The summed E-state index contributed by atoms with van der Waals surface area (Å²) in [5.41, 5.74) is 1.73. The number of benzene rings is 2. The van der Waals surface area contributed by atoms with E-state index in [0.717, 1.165) is 26.7 Å². The number of carboxylic acid groups (broad SMARTS) is 1. The molecule has 3 aromatic rings. The number of ether oxygens (including phenoxy) is 1. The average molecular weight is 504 g/mol. The minimum absolute atomic E-state index is 0.0111. The number of nitrogens with zero attached hydrogens (tertiary/aromatic N) is 2. The van der Waals surface area contributed by atoms with Crippen molar-refractivity contribution < 1.29 is 29.0 Å². The van der Waals surface area contributed by atoms with Gasteiger partial charge >= 0.3 is 5.97 Å². The molecule has 1 aliphatic rings. The van der Waals surface area contributed by atoms with Crippen molar-refractivity contribution in [2.75, 3.05) is 12.0 Å². The van der Waals surface area contributed by atoms with Crippen molar-refractivity contribution in [3.8, 4) is 22.9 Å². The number of hydrogen-bond acceptors (Lipinski definition) is 7. The number of carbonyl (C=O) groups is 4. The maximum atomic E-state index is 13.3. The number of carbonyl (C=O) groups excluding carboxylic acids is 3. The minimum atomic E-state index is -1.17. The van der Waals surface area contributed by atoms with E-state index in [-0.39, 0.29) is 33.7 Å². The van der Waals surface area contributed by atoms with E-state index in [1.54, 1.807) is 38.3 Å². The second kappa shape index (κ2) is 9.64. The lowest BCUT2D eigenvalue weighted by atomic mass is 10.0. The van der Waals surface area contributed by atoms with Gasteiger partial charge < -0.3 is 15.2 Å². The summed E-state index contributed by atoms with van der Waals surface area (Å²) in [6, 6.07) is 12.2. The number of thiophene rings is 1. The van der Waals surface area contributed by atoms with E-state index in [0.29, 0.717) is 11.3 Å². The average Bonchev–Trinajstić information content (AvgIpc) is 3.33. The van der Waals surface area contributed by atoms with Gasteiger partial charge in [-0.2, -0.15) is 5.26 Å². The van der Waals surface area contributed by atoms with Gasteiger partial charge in [0.05, 0.1) is 23.8 Å². The van der Waals surface area contributed by atoms with Crippen LogP contribution in [0.1, 0.15) is 54.9 Å². The zero-order valence-corrected chi connectivity index (χ0v) is 20.4.